The van der Waals surface area contributed by atoms with E-state index >= 15 is 0 Å². The molecule has 0 spiro atoms. The zero-order valence-corrected chi connectivity index (χ0v) is 20.7. The maximum atomic E-state index is 12.0. The summed E-state index contributed by atoms with van der Waals surface area (Å²) in [7, 11) is 1.58. The number of hydrogen-bond acceptors (Lipinski definition) is 10. The van der Waals surface area contributed by atoms with Gasteiger partial charge in [0.05, 0.1) is 26.4 Å². The minimum atomic E-state index is -1.04. The number of ketones is 1. The van der Waals surface area contributed by atoms with Crippen molar-refractivity contribution in [1.29, 1.82) is 0 Å². The number of carboxylic acid groups (broad SMARTS) is 1. The third-order valence-corrected chi connectivity index (χ3v) is 5.39. The number of nitrogens with two attached hydrogens (primary N) is 1. The average Bonchev–Trinajstić information content (AvgIpc) is 3.16. The number of imidazole rings is 1. The standard InChI is InChI=1S/C23H29N5O7S/c1-32-8-11-35-22-26-20(24)19-21(27-22)28(23(36)25-19)12-16-4-2-15(3-5-16)6-7-17(29)13-33-9-10-34-14-18(30)31/h2-5H,6-14H2,1H3,(H,25,36)(H,30,31)(H2,24,26,27). The number of nitrogen functional groups attached to an aromatic ring is 1. The van der Waals surface area contributed by atoms with Gasteiger partial charge in [-0.15, -0.1) is 0 Å². The first-order valence-electron chi connectivity index (χ1n) is 11.2. The van der Waals surface area contributed by atoms with Crippen LogP contribution in [-0.2, 0) is 36.8 Å². The molecule has 0 unspecified atom stereocenters. The summed E-state index contributed by atoms with van der Waals surface area (Å²) >= 11 is 5.47. The second kappa shape index (κ2) is 13.6. The molecule has 4 N–H and O–H groups in total. The Hall–Kier alpha value is -3.39. The van der Waals surface area contributed by atoms with Crippen LogP contribution >= 0.6 is 12.2 Å². The second-order valence-corrected chi connectivity index (χ2v) is 8.19. The number of ether oxygens (including phenoxy) is 4. The van der Waals surface area contributed by atoms with Crippen LogP contribution in [0.2, 0.25) is 0 Å². The molecule has 2 aromatic heterocycles. The van der Waals surface area contributed by atoms with Crippen molar-refractivity contribution in [2.24, 2.45) is 0 Å². The minimum Gasteiger partial charge on any atom is -0.480 e. The van der Waals surface area contributed by atoms with Crippen LogP contribution in [-0.4, -0.2) is 83.1 Å². The lowest BCUT2D eigenvalue weighted by Gasteiger charge is -2.08. The van der Waals surface area contributed by atoms with Crippen LogP contribution in [0, 0.1) is 4.77 Å². The van der Waals surface area contributed by atoms with Crippen molar-refractivity contribution in [3.05, 3.63) is 40.2 Å². The minimum absolute atomic E-state index is 0.0323. The summed E-state index contributed by atoms with van der Waals surface area (Å²) in [4.78, 5) is 34.0. The molecule has 0 saturated carbocycles. The van der Waals surface area contributed by atoms with E-state index in [0.29, 0.717) is 48.5 Å². The van der Waals surface area contributed by atoms with E-state index in [1.54, 1.807) is 7.11 Å². The number of anilines is 1. The highest BCUT2D eigenvalue weighted by atomic mass is 32.1. The highest BCUT2D eigenvalue weighted by molar-refractivity contribution is 7.71. The number of H-pyrrole nitrogens is 1. The summed E-state index contributed by atoms with van der Waals surface area (Å²) in [5.41, 5.74) is 9.16. The fourth-order valence-electron chi connectivity index (χ4n) is 3.27. The number of aromatic amines is 1. The maximum Gasteiger partial charge on any atom is 0.329 e. The third kappa shape index (κ3) is 8.09. The number of aryl methyl sites for hydroxylation is 1. The molecule has 0 fully saturated rings. The van der Waals surface area contributed by atoms with E-state index in [1.807, 2.05) is 28.8 Å². The van der Waals surface area contributed by atoms with Crippen molar-refractivity contribution in [3.63, 3.8) is 0 Å². The number of aliphatic carboxylic acids is 1. The number of aromatic nitrogens is 4. The van der Waals surface area contributed by atoms with Gasteiger partial charge in [-0.25, -0.2) is 4.79 Å². The van der Waals surface area contributed by atoms with Crippen LogP contribution in [0.25, 0.3) is 11.2 Å². The monoisotopic (exact) mass is 519 g/mol. The summed E-state index contributed by atoms with van der Waals surface area (Å²) in [6.45, 7) is 1.04. The molecule has 1 aromatic carbocycles. The Morgan fingerprint density at radius 3 is 2.44 bits per heavy atom. The van der Waals surface area contributed by atoms with Gasteiger partial charge >= 0.3 is 12.0 Å². The molecule has 12 nitrogen and oxygen atoms in total. The van der Waals surface area contributed by atoms with E-state index in [0.717, 1.165) is 11.1 Å². The van der Waals surface area contributed by atoms with Gasteiger partial charge in [0, 0.05) is 13.5 Å². The second-order valence-electron chi connectivity index (χ2n) is 7.80. The Labute approximate surface area is 212 Å². The van der Waals surface area contributed by atoms with Crippen molar-refractivity contribution in [2.75, 3.05) is 52.5 Å². The summed E-state index contributed by atoms with van der Waals surface area (Å²) in [5, 5.41) is 8.48. The predicted molar refractivity (Wildman–Crippen MR) is 133 cm³/mol. The van der Waals surface area contributed by atoms with E-state index in [-0.39, 0.29) is 44.0 Å². The van der Waals surface area contributed by atoms with Gasteiger partial charge < -0.3 is 34.8 Å². The van der Waals surface area contributed by atoms with E-state index in [1.165, 1.54) is 0 Å². The summed E-state index contributed by atoms with van der Waals surface area (Å²) in [6.07, 6.45) is 0.918. The molecule has 3 rings (SSSR count). The molecular weight excluding hydrogens is 490 g/mol. The SMILES string of the molecule is COCCOc1nc(N)c2[nH]c(=S)n(Cc3ccc(CCC(=O)COCCOCC(=O)O)cc3)c2n1. The van der Waals surface area contributed by atoms with Crippen molar-refractivity contribution in [2.45, 2.75) is 19.4 Å². The average molecular weight is 520 g/mol. The fourth-order valence-corrected chi connectivity index (χ4v) is 3.52. The van der Waals surface area contributed by atoms with Gasteiger partial charge in [0.1, 0.15) is 25.3 Å². The molecule has 0 atom stereocenters. The molecule has 2 heterocycles. The Bertz CT molecular complexity index is 1230. The normalized spacial score (nSPS) is 11.1. The number of nitrogens with zero attached hydrogens (tertiary/aromatic N) is 3. The van der Waals surface area contributed by atoms with Crippen molar-refractivity contribution in [3.8, 4) is 6.01 Å². The lowest BCUT2D eigenvalue weighted by atomic mass is 10.1. The van der Waals surface area contributed by atoms with Crippen molar-refractivity contribution < 1.29 is 33.6 Å². The number of methoxy groups -OCH3 is 1. The van der Waals surface area contributed by atoms with Gasteiger partial charge in [0.15, 0.2) is 22.0 Å². The van der Waals surface area contributed by atoms with E-state index in [4.69, 9.17) is 42.0 Å². The maximum absolute atomic E-state index is 12.0. The smallest absolute Gasteiger partial charge is 0.329 e. The molecule has 3 aromatic rings. The number of fused-ring (bicyclic) bond motifs is 1. The number of hydrogen-bond donors (Lipinski definition) is 3. The Kier molecular flexibility index (Phi) is 10.3. The van der Waals surface area contributed by atoms with Crippen LogP contribution in [0.1, 0.15) is 17.5 Å². The fraction of sp³-hybridized carbons (Fsp3) is 0.435. The van der Waals surface area contributed by atoms with E-state index in [9.17, 15) is 9.59 Å². The lowest BCUT2D eigenvalue weighted by molar-refractivity contribution is -0.143. The van der Waals surface area contributed by atoms with Crippen LogP contribution in [0.15, 0.2) is 24.3 Å². The van der Waals surface area contributed by atoms with Gasteiger partial charge in [-0.3, -0.25) is 9.36 Å². The summed E-state index contributed by atoms with van der Waals surface area (Å²) in [5.74, 6) is -0.838. The highest BCUT2D eigenvalue weighted by Gasteiger charge is 2.14. The zero-order chi connectivity index (χ0) is 25.9. The van der Waals surface area contributed by atoms with Gasteiger partial charge in [-0.1, -0.05) is 24.3 Å². The quantitative estimate of drug-likeness (QED) is 0.187. The van der Waals surface area contributed by atoms with Crippen LogP contribution in [0.4, 0.5) is 5.82 Å². The van der Waals surface area contributed by atoms with Crippen LogP contribution in [0.3, 0.4) is 0 Å². The Morgan fingerprint density at radius 1 is 1.06 bits per heavy atom. The first-order valence-corrected chi connectivity index (χ1v) is 11.6. The van der Waals surface area contributed by atoms with Crippen LogP contribution in [0.5, 0.6) is 6.01 Å². The number of nitrogens with one attached hydrogen (secondary N) is 1. The van der Waals surface area contributed by atoms with E-state index in [2.05, 4.69) is 15.0 Å². The predicted octanol–water partition coefficient (Wildman–Crippen LogP) is 1.76. The van der Waals surface area contributed by atoms with Gasteiger partial charge in [0.25, 0.3) is 0 Å². The molecule has 0 bridgehead atoms. The molecule has 0 aliphatic rings. The molecule has 0 amide bonds. The van der Waals surface area contributed by atoms with Crippen LogP contribution < -0.4 is 10.5 Å². The van der Waals surface area contributed by atoms with Gasteiger partial charge in [0.2, 0.25) is 0 Å². The molecule has 0 radical (unpaired) electrons. The number of rotatable bonds is 16. The lowest BCUT2D eigenvalue weighted by Crippen LogP contribution is -2.15. The summed E-state index contributed by atoms with van der Waals surface area (Å²) in [6, 6.07) is 8.01. The number of benzene rings is 1. The van der Waals surface area contributed by atoms with E-state index < -0.39 is 5.97 Å². The Balaban J connectivity index is 1.53. The number of carbonyl (C=O) groups excluding carboxylic acids is 1. The molecule has 36 heavy (non-hydrogen) atoms. The molecule has 194 valence electrons. The summed E-state index contributed by atoms with van der Waals surface area (Å²) < 4.78 is 22.8. The van der Waals surface area contributed by atoms with Gasteiger partial charge in [-0.2, -0.15) is 9.97 Å². The number of carbonyl (C=O) groups is 2. The number of carboxylic acids is 1. The molecule has 13 heteroatoms. The Morgan fingerprint density at radius 2 is 1.75 bits per heavy atom. The van der Waals surface area contributed by atoms with Crippen molar-refractivity contribution >= 4 is 41.0 Å². The highest BCUT2D eigenvalue weighted by Crippen LogP contribution is 2.21. The molecule has 0 aliphatic heterocycles. The molecule has 0 saturated heterocycles. The topological polar surface area (TPSA) is 164 Å². The zero-order valence-electron chi connectivity index (χ0n) is 19.9. The number of Topliss-reactive ketones (excluding diaryl/α,β-unsaturated/α-hetero) is 1. The molecule has 0 aliphatic carbocycles. The van der Waals surface area contributed by atoms with Gasteiger partial charge in [-0.05, 0) is 29.8 Å². The first kappa shape index (κ1) is 27.2. The largest absolute Gasteiger partial charge is 0.480 e. The van der Waals surface area contributed by atoms with Crippen molar-refractivity contribution in [1.82, 2.24) is 19.5 Å². The molecular formula is C23H29N5O7S. The first-order chi connectivity index (χ1) is 17.4. The third-order valence-electron chi connectivity index (χ3n) is 5.07.